The number of anilines is 2. The molecule has 28 heavy (non-hydrogen) atoms. The van der Waals surface area contributed by atoms with Crippen molar-refractivity contribution in [1.82, 2.24) is 18.7 Å². The number of aromatic nitrogens is 4. The molecule has 0 aliphatic carbocycles. The lowest BCUT2D eigenvalue weighted by Crippen LogP contribution is -2.41. The van der Waals surface area contributed by atoms with Gasteiger partial charge in [-0.25, -0.2) is 4.79 Å². The third-order valence-electron chi connectivity index (χ3n) is 5.10. The lowest BCUT2D eigenvalue weighted by atomic mass is 10.1. The molecule has 148 valence electrons. The van der Waals surface area contributed by atoms with E-state index in [0.717, 1.165) is 12.2 Å². The minimum absolute atomic E-state index is 0.203. The second-order valence-electron chi connectivity index (χ2n) is 7.18. The standard InChI is InChI=1S/C19H22ClN5O3/c1-12-10-24(14-6-4-13(20)5-7-14)18-21-16-15(25(18)11-12)17(26)23(8-9-28-3)19(27)22(16)2/h4-7,12H,8-11H2,1-3H3/t12-/m1/s1. The third kappa shape index (κ3) is 2.93. The number of imidazole rings is 1. The molecule has 0 unspecified atom stereocenters. The molecule has 0 amide bonds. The monoisotopic (exact) mass is 403 g/mol. The first-order chi connectivity index (χ1) is 13.4. The smallest absolute Gasteiger partial charge is 0.332 e. The molecule has 0 saturated heterocycles. The molecule has 0 radical (unpaired) electrons. The van der Waals surface area contributed by atoms with Crippen molar-refractivity contribution < 1.29 is 4.74 Å². The Kier molecular flexibility index (Phi) is 4.76. The summed E-state index contributed by atoms with van der Waals surface area (Å²) in [6.07, 6.45) is 0. The first-order valence-corrected chi connectivity index (χ1v) is 9.52. The van der Waals surface area contributed by atoms with E-state index in [1.807, 2.05) is 28.8 Å². The Hall–Kier alpha value is -2.58. The van der Waals surface area contributed by atoms with Crippen molar-refractivity contribution in [2.75, 3.05) is 25.2 Å². The van der Waals surface area contributed by atoms with Gasteiger partial charge < -0.3 is 14.2 Å². The van der Waals surface area contributed by atoms with Crippen LogP contribution in [0.25, 0.3) is 11.2 Å². The highest BCUT2D eigenvalue weighted by Gasteiger charge is 2.29. The van der Waals surface area contributed by atoms with Crippen LogP contribution < -0.4 is 16.1 Å². The maximum atomic E-state index is 13.1. The van der Waals surface area contributed by atoms with Gasteiger partial charge in [0, 0.05) is 38.0 Å². The highest BCUT2D eigenvalue weighted by Crippen LogP contribution is 2.33. The fraction of sp³-hybridized carbons (Fsp3) is 0.421. The van der Waals surface area contributed by atoms with Crippen molar-refractivity contribution in [3.05, 3.63) is 50.1 Å². The zero-order valence-electron chi connectivity index (χ0n) is 16.1. The fourth-order valence-corrected chi connectivity index (χ4v) is 3.85. The normalized spacial score (nSPS) is 16.6. The Morgan fingerprint density at radius 3 is 2.61 bits per heavy atom. The Morgan fingerprint density at radius 2 is 1.93 bits per heavy atom. The van der Waals surface area contributed by atoms with E-state index in [4.69, 9.17) is 16.3 Å². The summed E-state index contributed by atoms with van der Waals surface area (Å²) >= 11 is 6.03. The lowest BCUT2D eigenvalue weighted by molar-refractivity contribution is 0.184. The minimum atomic E-state index is -0.393. The average molecular weight is 404 g/mol. The molecule has 3 aromatic rings. The van der Waals surface area contributed by atoms with Crippen LogP contribution in [0, 0.1) is 5.92 Å². The largest absolute Gasteiger partial charge is 0.383 e. The fourth-order valence-electron chi connectivity index (χ4n) is 3.72. The van der Waals surface area contributed by atoms with E-state index >= 15 is 0 Å². The molecule has 8 nitrogen and oxygen atoms in total. The van der Waals surface area contributed by atoms with Crippen molar-refractivity contribution in [2.24, 2.45) is 13.0 Å². The minimum Gasteiger partial charge on any atom is -0.383 e. The highest BCUT2D eigenvalue weighted by atomic mass is 35.5. The van der Waals surface area contributed by atoms with Crippen molar-refractivity contribution >= 4 is 34.4 Å². The maximum Gasteiger partial charge on any atom is 0.332 e. The van der Waals surface area contributed by atoms with Crippen LogP contribution in [0.3, 0.4) is 0 Å². The number of hydrogen-bond acceptors (Lipinski definition) is 5. The molecule has 1 aliphatic heterocycles. The van der Waals surface area contributed by atoms with Gasteiger partial charge in [-0.15, -0.1) is 0 Å². The summed E-state index contributed by atoms with van der Waals surface area (Å²) < 4.78 is 9.62. The van der Waals surface area contributed by atoms with E-state index in [0.29, 0.717) is 34.6 Å². The highest BCUT2D eigenvalue weighted by molar-refractivity contribution is 6.30. The summed E-state index contributed by atoms with van der Waals surface area (Å²) in [5, 5.41) is 0.658. The summed E-state index contributed by atoms with van der Waals surface area (Å²) in [5.74, 6) is 0.955. The van der Waals surface area contributed by atoms with Crippen LogP contribution in [-0.2, 0) is 24.9 Å². The van der Waals surface area contributed by atoms with Crippen LogP contribution in [0.4, 0.5) is 11.6 Å². The number of hydrogen-bond donors (Lipinski definition) is 0. The number of methoxy groups -OCH3 is 1. The second-order valence-corrected chi connectivity index (χ2v) is 7.61. The Morgan fingerprint density at radius 1 is 1.21 bits per heavy atom. The molecular formula is C19H22ClN5O3. The number of nitrogens with zero attached hydrogens (tertiary/aromatic N) is 5. The van der Waals surface area contributed by atoms with Gasteiger partial charge in [-0.3, -0.25) is 13.9 Å². The van der Waals surface area contributed by atoms with Crippen LogP contribution in [0.15, 0.2) is 33.9 Å². The molecule has 0 spiro atoms. The maximum absolute atomic E-state index is 13.1. The van der Waals surface area contributed by atoms with Gasteiger partial charge in [0.1, 0.15) is 0 Å². The molecule has 3 heterocycles. The molecule has 2 aromatic heterocycles. The Balaban J connectivity index is 1.96. The zero-order chi connectivity index (χ0) is 20.0. The zero-order valence-corrected chi connectivity index (χ0v) is 16.8. The lowest BCUT2D eigenvalue weighted by Gasteiger charge is -2.33. The van der Waals surface area contributed by atoms with Gasteiger partial charge in [-0.2, -0.15) is 4.98 Å². The van der Waals surface area contributed by atoms with Gasteiger partial charge in [-0.05, 0) is 30.2 Å². The summed E-state index contributed by atoms with van der Waals surface area (Å²) in [6, 6.07) is 7.52. The molecule has 1 aromatic carbocycles. The molecular weight excluding hydrogens is 382 g/mol. The van der Waals surface area contributed by atoms with Crippen molar-refractivity contribution in [3.63, 3.8) is 0 Å². The predicted molar refractivity (Wildman–Crippen MR) is 109 cm³/mol. The first kappa shape index (κ1) is 18.8. The van der Waals surface area contributed by atoms with E-state index in [9.17, 15) is 9.59 Å². The number of aryl methyl sites for hydroxylation is 1. The van der Waals surface area contributed by atoms with E-state index in [2.05, 4.69) is 16.8 Å². The van der Waals surface area contributed by atoms with Gasteiger partial charge in [-0.1, -0.05) is 18.5 Å². The second kappa shape index (κ2) is 7.10. The van der Waals surface area contributed by atoms with Crippen LogP contribution in [-0.4, -0.2) is 38.9 Å². The molecule has 0 fully saturated rings. The van der Waals surface area contributed by atoms with Gasteiger partial charge in [0.25, 0.3) is 5.56 Å². The van der Waals surface area contributed by atoms with Crippen LogP contribution in [0.5, 0.6) is 0 Å². The summed E-state index contributed by atoms with van der Waals surface area (Å²) in [5.41, 5.74) is 1.05. The van der Waals surface area contributed by atoms with E-state index in [1.54, 1.807) is 14.2 Å². The van der Waals surface area contributed by atoms with Crippen LogP contribution >= 0.6 is 11.6 Å². The summed E-state index contributed by atoms with van der Waals surface area (Å²) in [7, 11) is 3.18. The van der Waals surface area contributed by atoms with Gasteiger partial charge in [0.05, 0.1) is 13.2 Å². The molecule has 4 rings (SSSR count). The Labute approximate surface area is 166 Å². The first-order valence-electron chi connectivity index (χ1n) is 9.14. The van der Waals surface area contributed by atoms with Crippen LogP contribution in [0.1, 0.15) is 6.92 Å². The van der Waals surface area contributed by atoms with E-state index in [1.165, 1.54) is 9.13 Å². The number of fused-ring (bicyclic) bond motifs is 3. The average Bonchev–Trinajstić information content (AvgIpc) is 3.06. The van der Waals surface area contributed by atoms with Gasteiger partial charge >= 0.3 is 5.69 Å². The van der Waals surface area contributed by atoms with E-state index in [-0.39, 0.29) is 18.7 Å². The number of rotatable bonds is 4. The number of benzene rings is 1. The van der Waals surface area contributed by atoms with Crippen molar-refractivity contribution in [2.45, 2.75) is 20.0 Å². The quantitative estimate of drug-likeness (QED) is 0.666. The molecule has 1 aliphatic rings. The summed E-state index contributed by atoms with van der Waals surface area (Å²) in [4.78, 5) is 32.5. The van der Waals surface area contributed by atoms with Crippen LogP contribution in [0.2, 0.25) is 5.02 Å². The van der Waals surface area contributed by atoms with Crippen molar-refractivity contribution in [3.8, 4) is 0 Å². The predicted octanol–water partition coefficient (Wildman–Crippen LogP) is 1.98. The molecule has 0 saturated carbocycles. The van der Waals surface area contributed by atoms with Gasteiger partial charge in [0.2, 0.25) is 5.95 Å². The molecule has 0 N–H and O–H groups in total. The molecule has 1 atom stereocenters. The molecule has 9 heteroatoms. The number of ether oxygens (including phenoxy) is 1. The summed E-state index contributed by atoms with van der Waals surface area (Å²) in [6.45, 7) is 4.04. The van der Waals surface area contributed by atoms with E-state index < -0.39 is 5.69 Å². The SMILES string of the molecule is COCCn1c(=O)c2c(nc3n2C[C@H](C)CN3c2ccc(Cl)cc2)n(C)c1=O. The number of halogens is 1. The topological polar surface area (TPSA) is 74.3 Å². The molecule has 0 bridgehead atoms. The van der Waals surface area contributed by atoms with Crippen molar-refractivity contribution in [1.29, 1.82) is 0 Å². The Bertz CT molecular complexity index is 1150. The van der Waals surface area contributed by atoms with Gasteiger partial charge in [0.15, 0.2) is 11.2 Å². The third-order valence-corrected chi connectivity index (χ3v) is 5.35.